The summed E-state index contributed by atoms with van der Waals surface area (Å²) in [5.74, 6) is 0.610. The maximum Gasteiger partial charge on any atom is 0.0928 e. The molecule has 0 spiro atoms. The Kier molecular flexibility index (Phi) is 4.83. The Morgan fingerprint density at radius 1 is 1.18 bits per heavy atom. The quantitative estimate of drug-likeness (QED) is 0.564. The van der Waals surface area contributed by atoms with Gasteiger partial charge in [-0.15, -0.1) is 0 Å². The van der Waals surface area contributed by atoms with Crippen molar-refractivity contribution in [3.63, 3.8) is 0 Å². The van der Waals surface area contributed by atoms with Crippen LogP contribution in [0.15, 0.2) is 0 Å². The van der Waals surface area contributed by atoms with E-state index in [1.807, 2.05) is 0 Å². The van der Waals surface area contributed by atoms with Gasteiger partial charge in [0.2, 0.25) is 0 Å². The van der Waals surface area contributed by atoms with E-state index in [-0.39, 0.29) is 6.10 Å². The number of piperidine rings is 1. The molecule has 0 amide bonds. The lowest BCUT2D eigenvalue weighted by atomic mass is 9.76. The predicted molar refractivity (Wildman–Crippen MR) is 69.4 cm³/mol. The molecule has 0 aromatic heterocycles. The van der Waals surface area contributed by atoms with Gasteiger partial charge in [0, 0.05) is 18.8 Å². The smallest absolute Gasteiger partial charge is 0.0928 e. The topological polar surface area (TPSA) is 29.1 Å². The summed E-state index contributed by atoms with van der Waals surface area (Å²) in [5.41, 5.74) is 0. The molecule has 17 heavy (non-hydrogen) atoms. The van der Waals surface area contributed by atoms with Crippen LogP contribution in [0.1, 0.15) is 38.5 Å². The van der Waals surface area contributed by atoms with Crippen molar-refractivity contribution in [2.24, 2.45) is 5.92 Å². The van der Waals surface area contributed by atoms with Gasteiger partial charge in [-0.1, -0.05) is 6.42 Å². The molecule has 1 saturated heterocycles. The number of nitrogens with one attached hydrogen (secondary N) is 2. The average molecular weight is 242 g/mol. The summed E-state index contributed by atoms with van der Waals surface area (Å²) in [4.78, 5) is 3.35. The lowest BCUT2D eigenvalue weighted by Crippen LogP contribution is -3.18. The van der Waals surface area contributed by atoms with E-state index in [9.17, 15) is 5.11 Å². The zero-order chi connectivity index (χ0) is 12.3. The number of hydrogen-bond donors (Lipinski definition) is 3. The van der Waals surface area contributed by atoms with Crippen LogP contribution in [0.4, 0.5) is 0 Å². The Hall–Kier alpha value is -0.120. The second kappa shape index (κ2) is 6.17. The highest BCUT2D eigenvalue weighted by molar-refractivity contribution is 4.83. The van der Waals surface area contributed by atoms with Gasteiger partial charge < -0.3 is 14.9 Å². The molecular formula is C14H30N2O+2. The zero-order valence-corrected chi connectivity index (χ0v) is 11.5. The van der Waals surface area contributed by atoms with E-state index in [1.165, 1.54) is 51.7 Å². The van der Waals surface area contributed by atoms with E-state index in [1.54, 1.807) is 9.80 Å². The van der Waals surface area contributed by atoms with E-state index >= 15 is 0 Å². The number of hydrogen-bond acceptors (Lipinski definition) is 1. The molecule has 1 saturated carbocycles. The number of aliphatic hydroxyl groups is 1. The van der Waals surface area contributed by atoms with Crippen LogP contribution in [0.2, 0.25) is 0 Å². The second-order valence-electron chi connectivity index (χ2n) is 6.38. The molecule has 0 bridgehead atoms. The first kappa shape index (κ1) is 13.3. The summed E-state index contributed by atoms with van der Waals surface area (Å²) in [7, 11) is 4.47. The molecule has 2 fully saturated rings. The minimum Gasteiger partial charge on any atom is -0.392 e. The summed E-state index contributed by atoms with van der Waals surface area (Å²) in [5, 5.41) is 10.1. The number of likely N-dealkylation sites (tertiary alicyclic amines) is 1. The Morgan fingerprint density at radius 3 is 2.71 bits per heavy atom. The summed E-state index contributed by atoms with van der Waals surface area (Å²) < 4.78 is 0. The van der Waals surface area contributed by atoms with Gasteiger partial charge in [0.05, 0.1) is 45.9 Å². The monoisotopic (exact) mass is 242 g/mol. The number of aliphatic hydroxyl groups excluding tert-OH is 1. The van der Waals surface area contributed by atoms with Crippen molar-refractivity contribution in [3.8, 4) is 0 Å². The van der Waals surface area contributed by atoms with Crippen molar-refractivity contribution in [2.75, 3.05) is 33.7 Å². The fourth-order valence-electron chi connectivity index (χ4n) is 3.84. The minimum absolute atomic E-state index is 0.00326. The number of fused-ring (bicyclic) bond motifs is 1. The molecule has 3 nitrogen and oxygen atoms in total. The van der Waals surface area contributed by atoms with Gasteiger partial charge in [0.15, 0.2) is 0 Å². The van der Waals surface area contributed by atoms with Crippen LogP contribution in [-0.2, 0) is 0 Å². The molecule has 1 unspecified atom stereocenters. The third-order valence-corrected chi connectivity index (χ3v) is 4.77. The maximum absolute atomic E-state index is 10.1. The van der Waals surface area contributed by atoms with Gasteiger partial charge in [-0.3, -0.25) is 0 Å². The molecule has 0 aromatic rings. The Morgan fingerprint density at radius 2 is 1.94 bits per heavy atom. The predicted octanol–water partition coefficient (Wildman–Crippen LogP) is -1.27. The van der Waals surface area contributed by atoms with Gasteiger partial charge in [-0.05, 0) is 19.3 Å². The first-order valence-electron chi connectivity index (χ1n) is 7.50. The van der Waals surface area contributed by atoms with E-state index in [0.717, 1.165) is 12.5 Å². The van der Waals surface area contributed by atoms with Crippen molar-refractivity contribution >= 4 is 0 Å². The maximum atomic E-state index is 10.1. The van der Waals surface area contributed by atoms with Crippen LogP contribution in [0.25, 0.3) is 0 Å². The molecule has 1 heterocycles. The van der Waals surface area contributed by atoms with Gasteiger partial charge in [0.1, 0.15) is 0 Å². The van der Waals surface area contributed by atoms with Crippen LogP contribution in [-0.4, -0.2) is 51.0 Å². The van der Waals surface area contributed by atoms with Crippen molar-refractivity contribution in [1.29, 1.82) is 0 Å². The van der Waals surface area contributed by atoms with Crippen LogP contribution in [0, 0.1) is 5.92 Å². The Balaban J connectivity index is 1.84. The van der Waals surface area contributed by atoms with Crippen molar-refractivity contribution < 1.29 is 14.9 Å². The normalized spacial score (nSPS) is 38.1. The van der Waals surface area contributed by atoms with Gasteiger partial charge in [-0.2, -0.15) is 0 Å². The van der Waals surface area contributed by atoms with Crippen LogP contribution in [0.5, 0.6) is 0 Å². The highest BCUT2D eigenvalue weighted by Crippen LogP contribution is 2.28. The van der Waals surface area contributed by atoms with Gasteiger partial charge >= 0.3 is 0 Å². The lowest BCUT2D eigenvalue weighted by molar-refractivity contribution is -0.941. The minimum atomic E-state index is 0.00326. The van der Waals surface area contributed by atoms with E-state index < -0.39 is 0 Å². The summed E-state index contributed by atoms with van der Waals surface area (Å²) >= 11 is 0. The standard InChI is InChI=1S/C14H28N2O/c1-15(2)9-5-10-16-11-8-14(17)12-6-3-4-7-13(12)16/h12-14,17H,3-11H2,1-2H3/p+2/t12-,13-,14+/m0/s1. The SMILES string of the molecule is C[NH+](C)CCC[NH+]1CC[C@@H](O)[C@H]2CCCC[C@@H]21. The third-order valence-electron chi connectivity index (χ3n) is 4.77. The van der Waals surface area contributed by atoms with Crippen molar-refractivity contribution in [2.45, 2.75) is 50.7 Å². The molecule has 100 valence electrons. The van der Waals surface area contributed by atoms with Gasteiger partial charge in [0.25, 0.3) is 0 Å². The summed E-state index contributed by atoms with van der Waals surface area (Å²) in [6.45, 7) is 3.80. The molecule has 0 aromatic carbocycles. The van der Waals surface area contributed by atoms with Crippen molar-refractivity contribution in [3.05, 3.63) is 0 Å². The highest BCUT2D eigenvalue weighted by atomic mass is 16.3. The first-order valence-corrected chi connectivity index (χ1v) is 7.50. The molecule has 3 N–H and O–H groups in total. The van der Waals surface area contributed by atoms with Crippen LogP contribution < -0.4 is 9.80 Å². The highest BCUT2D eigenvalue weighted by Gasteiger charge is 2.41. The molecular weight excluding hydrogens is 212 g/mol. The molecule has 2 rings (SSSR count). The molecule has 4 atom stereocenters. The Labute approximate surface area is 106 Å². The average Bonchev–Trinajstić information content (AvgIpc) is 2.32. The van der Waals surface area contributed by atoms with Crippen molar-refractivity contribution in [1.82, 2.24) is 0 Å². The largest absolute Gasteiger partial charge is 0.392 e. The molecule has 0 radical (unpaired) electrons. The van der Waals surface area contributed by atoms with Crippen LogP contribution in [0.3, 0.4) is 0 Å². The van der Waals surface area contributed by atoms with E-state index in [4.69, 9.17) is 0 Å². The fourth-order valence-corrected chi connectivity index (χ4v) is 3.84. The second-order valence-corrected chi connectivity index (χ2v) is 6.38. The zero-order valence-electron chi connectivity index (χ0n) is 11.5. The Bertz CT molecular complexity index is 232. The number of rotatable bonds is 4. The first-order chi connectivity index (χ1) is 8.18. The molecule has 1 aliphatic carbocycles. The third kappa shape index (κ3) is 3.43. The van der Waals surface area contributed by atoms with E-state index in [0.29, 0.717) is 5.92 Å². The fraction of sp³-hybridized carbons (Fsp3) is 1.00. The van der Waals surface area contributed by atoms with E-state index in [2.05, 4.69) is 14.1 Å². The van der Waals surface area contributed by atoms with Gasteiger partial charge in [-0.25, -0.2) is 0 Å². The molecule has 2 aliphatic rings. The number of quaternary nitrogens is 2. The molecule has 3 heteroatoms. The van der Waals surface area contributed by atoms with Crippen LogP contribution >= 0.6 is 0 Å². The summed E-state index contributed by atoms with van der Waals surface area (Å²) in [6, 6.07) is 0.768. The lowest BCUT2D eigenvalue weighted by Gasteiger charge is -2.43. The molecule has 1 aliphatic heterocycles. The summed E-state index contributed by atoms with van der Waals surface area (Å²) in [6.07, 6.45) is 7.72.